The van der Waals surface area contributed by atoms with Crippen LogP contribution in [0.3, 0.4) is 0 Å². The van der Waals surface area contributed by atoms with E-state index in [0.717, 1.165) is 37.5 Å². The maximum absolute atomic E-state index is 13.7. The molecule has 2 aliphatic carbocycles. The van der Waals surface area contributed by atoms with Crippen molar-refractivity contribution in [2.45, 2.75) is 76.4 Å². The van der Waals surface area contributed by atoms with E-state index in [4.69, 9.17) is 23.4 Å². The number of amides is 1. The van der Waals surface area contributed by atoms with Crippen LogP contribution in [0.25, 0.3) is 22.3 Å². The predicted molar refractivity (Wildman–Crippen MR) is 184 cm³/mol. The molecule has 0 bridgehead atoms. The Morgan fingerprint density at radius 2 is 1.63 bits per heavy atom. The Balaban J connectivity index is 1.22. The zero-order valence-electron chi connectivity index (χ0n) is 28.9. The molecule has 0 saturated heterocycles. The average molecular weight is 703 g/mol. The maximum Gasteiger partial charge on any atom is 0.338 e. The molecule has 1 amide bonds. The highest BCUT2D eigenvalue weighted by Gasteiger charge is 2.45. The van der Waals surface area contributed by atoms with Crippen LogP contribution < -0.4 is 9.62 Å². The second-order valence-corrected chi connectivity index (χ2v) is 15.6. The highest BCUT2D eigenvalue weighted by atomic mass is 32.2. The van der Waals surface area contributed by atoms with E-state index < -0.39 is 27.0 Å². The number of benzene rings is 2. The summed E-state index contributed by atoms with van der Waals surface area (Å²) < 4.78 is 70.4. The fourth-order valence-electron chi connectivity index (χ4n) is 6.20. The van der Waals surface area contributed by atoms with Crippen LogP contribution >= 0.6 is 0 Å². The molecule has 1 N–H and O–H groups in total. The number of esters is 1. The summed E-state index contributed by atoms with van der Waals surface area (Å²) in [7, 11) is -2.21. The number of ether oxygens (including phenoxy) is 4. The second-order valence-electron chi connectivity index (χ2n) is 13.7. The summed E-state index contributed by atoms with van der Waals surface area (Å²) in [6.07, 6.45) is 6.00. The number of fused-ring (bicyclic) bond motifs is 1. The van der Waals surface area contributed by atoms with E-state index in [9.17, 15) is 22.4 Å². The van der Waals surface area contributed by atoms with Crippen LogP contribution in [0.1, 0.15) is 81.1 Å². The molecule has 2 aliphatic rings. The molecule has 0 radical (unpaired) electrons. The number of nitrogens with one attached hydrogen (secondary N) is 1. The number of hydrogen-bond acceptors (Lipinski definition) is 9. The van der Waals surface area contributed by atoms with Gasteiger partial charge in [-0.05, 0) is 101 Å². The first kappa shape index (κ1) is 36.8. The van der Waals surface area contributed by atoms with Crippen molar-refractivity contribution in [2.75, 3.05) is 57.2 Å². The number of carbonyl (C=O) groups is 2. The minimum atomic E-state index is -3.73. The summed E-state index contributed by atoms with van der Waals surface area (Å²) in [4.78, 5) is 25.9. The molecule has 3 aromatic rings. The average Bonchev–Trinajstić information content (AvgIpc) is 3.64. The number of furan rings is 1. The first-order valence-corrected chi connectivity index (χ1v) is 18.7. The number of carbonyl (C=O) groups excluding carboxylic acids is 2. The molecule has 11 nitrogen and oxygen atoms in total. The summed E-state index contributed by atoms with van der Waals surface area (Å²) >= 11 is 0. The maximum atomic E-state index is 13.7. The van der Waals surface area contributed by atoms with Crippen molar-refractivity contribution in [2.24, 2.45) is 0 Å². The summed E-state index contributed by atoms with van der Waals surface area (Å²) in [5, 5.41) is 3.21. The van der Waals surface area contributed by atoms with Gasteiger partial charge in [-0.15, -0.1) is 0 Å². The fraction of sp³-hybridized carbons (Fsp3) is 0.556. The van der Waals surface area contributed by atoms with Crippen molar-refractivity contribution in [1.29, 1.82) is 0 Å². The third-order valence-electron chi connectivity index (χ3n) is 8.68. The van der Waals surface area contributed by atoms with Gasteiger partial charge >= 0.3 is 5.97 Å². The minimum absolute atomic E-state index is 0.0550. The normalized spacial score (nSPS) is 16.2. The van der Waals surface area contributed by atoms with E-state index in [2.05, 4.69) is 5.32 Å². The third-order valence-corrected chi connectivity index (χ3v) is 9.86. The van der Waals surface area contributed by atoms with E-state index in [1.165, 1.54) is 35.6 Å². The molecule has 49 heavy (non-hydrogen) atoms. The van der Waals surface area contributed by atoms with Crippen molar-refractivity contribution >= 4 is 38.6 Å². The number of sulfonamides is 1. The van der Waals surface area contributed by atoms with Crippen LogP contribution in [0.2, 0.25) is 0 Å². The minimum Gasteiger partial charge on any atom is -0.458 e. The summed E-state index contributed by atoms with van der Waals surface area (Å²) in [5.41, 5.74) is 0.940. The molecular formula is C36H47FN2O9S. The molecule has 268 valence electrons. The van der Waals surface area contributed by atoms with E-state index in [1.807, 2.05) is 26.8 Å². The fourth-order valence-corrected chi connectivity index (χ4v) is 7.12. The van der Waals surface area contributed by atoms with Gasteiger partial charge in [0.25, 0.3) is 5.91 Å². The van der Waals surface area contributed by atoms with Gasteiger partial charge in [0.15, 0.2) is 5.60 Å². The highest BCUT2D eigenvalue weighted by Crippen LogP contribution is 2.48. The number of anilines is 1. The monoisotopic (exact) mass is 702 g/mol. The van der Waals surface area contributed by atoms with Crippen LogP contribution in [-0.2, 0) is 33.8 Å². The Morgan fingerprint density at radius 3 is 2.22 bits per heavy atom. The number of rotatable bonds is 16. The Kier molecular flexibility index (Phi) is 11.4. The van der Waals surface area contributed by atoms with Crippen LogP contribution in [0, 0.1) is 5.82 Å². The highest BCUT2D eigenvalue weighted by molar-refractivity contribution is 7.92. The van der Waals surface area contributed by atoms with Crippen molar-refractivity contribution < 1.29 is 45.8 Å². The SMILES string of the molecule is CNC(=O)c1c(-c2ccc(F)cc2)oc2cc(N(CCOCCOCCOC3(C(=O)OC(C)(C)C)CCCC3)S(C)(=O)=O)c(C3CC3)cc12. The lowest BCUT2D eigenvalue weighted by Gasteiger charge is -2.31. The van der Waals surface area contributed by atoms with Gasteiger partial charge in [0.05, 0.1) is 57.1 Å². The zero-order valence-corrected chi connectivity index (χ0v) is 29.8. The zero-order chi connectivity index (χ0) is 35.4. The van der Waals surface area contributed by atoms with Crippen molar-refractivity contribution in [3.8, 4) is 11.3 Å². The van der Waals surface area contributed by atoms with Gasteiger partial charge in [0.1, 0.15) is 22.8 Å². The van der Waals surface area contributed by atoms with Crippen molar-refractivity contribution in [3.63, 3.8) is 0 Å². The summed E-state index contributed by atoms with van der Waals surface area (Å²) in [5.74, 6) is -0.696. The van der Waals surface area contributed by atoms with Crippen LogP contribution in [0.15, 0.2) is 40.8 Å². The van der Waals surface area contributed by atoms with Gasteiger partial charge in [0, 0.05) is 24.1 Å². The number of hydrogen-bond donors (Lipinski definition) is 1. The molecule has 1 heterocycles. The quantitative estimate of drug-likeness (QED) is 0.142. The molecule has 0 unspecified atom stereocenters. The molecule has 0 atom stereocenters. The largest absolute Gasteiger partial charge is 0.458 e. The smallest absolute Gasteiger partial charge is 0.338 e. The molecule has 2 saturated carbocycles. The van der Waals surface area contributed by atoms with Crippen molar-refractivity contribution in [1.82, 2.24) is 5.32 Å². The predicted octanol–water partition coefficient (Wildman–Crippen LogP) is 5.95. The molecule has 1 aromatic heterocycles. The molecule has 2 aromatic carbocycles. The topological polar surface area (TPSA) is 134 Å². The standard InChI is InChI=1S/C36H47FN2O9S/c1-35(2,3)48-34(41)36(14-6-7-15-36)46-21-20-45-19-18-44-17-16-39(49(5,42)43)29-23-30-28(22-27(29)24-8-9-24)31(33(40)38-4)32(47-30)25-10-12-26(37)13-11-25/h10-13,22-24H,6-9,14-21H2,1-5H3,(H,38,40). The Bertz CT molecular complexity index is 1740. The Labute approximate surface area is 287 Å². The molecule has 2 fully saturated rings. The molecule has 0 aliphatic heterocycles. The number of nitrogens with zero attached hydrogens (tertiary/aromatic N) is 1. The van der Waals surface area contributed by atoms with Gasteiger partial charge in [-0.25, -0.2) is 17.6 Å². The number of halogens is 1. The molecule has 5 rings (SSSR count). The van der Waals surface area contributed by atoms with E-state index in [0.29, 0.717) is 40.6 Å². The van der Waals surface area contributed by atoms with Gasteiger partial charge in [0.2, 0.25) is 10.0 Å². The Hall–Kier alpha value is -3.52. The molecular weight excluding hydrogens is 655 g/mol. The molecule has 13 heteroatoms. The summed E-state index contributed by atoms with van der Waals surface area (Å²) in [6.45, 7) is 6.70. The lowest BCUT2D eigenvalue weighted by atomic mass is 10.0. The lowest BCUT2D eigenvalue weighted by Crippen LogP contribution is -2.44. The summed E-state index contributed by atoms with van der Waals surface area (Å²) in [6, 6.07) is 9.17. The van der Waals surface area contributed by atoms with Crippen molar-refractivity contribution in [3.05, 3.63) is 53.3 Å². The van der Waals surface area contributed by atoms with Gasteiger partial charge in [-0.3, -0.25) is 9.10 Å². The lowest BCUT2D eigenvalue weighted by molar-refractivity contribution is -0.185. The van der Waals surface area contributed by atoms with Crippen LogP contribution in [0.4, 0.5) is 10.1 Å². The van der Waals surface area contributed by atoms with Gasteiger partial charge in [-0.1, -0.05) is 0 Å². The van der Waals surface area contributed by atoms with E-state index in [1.54, 1.807) is 6.07 Å². The molecule has 0 spiro atoms. The van der Waals surface area contributed by atoms with E-state index in [-0.39, 0.29) is 63.1 Å². The third kappa shape index (κ3) is 8.99. The van der Waals surface area contributed by atoms with E-state index >= 15 is 0 Å². The Morgan fingerprint density at radius 1 is 1.00 bits per heavy atom. The first-order valence-electron chi connectivity index (χ1n) is 16.8. The first-order chi connectivity index (χ1) is 23.2. The second kappa shape index (κ2) is 15.2. The van der Waals surface area contributed by atoms with Gasteiger partial charge < -0.3 is 28.7 Å². The van der Waals surface area contributed by atoms with Crippen LogP contribution in [0.5, 0.6) is 0 Å². The van der Waals surface area contributed by atoms with Crippen LogP contribution in [-0.4, -0.2) is 84.4 Å². The van der Waals surface area contributed by atoms with Gasteiger partial charge in [-0.2, -0.15) is 0 Å².